The molecule has 0 aromatic rings. The normalized spacial score (nSPS) is 36.2. The molecule has 110 valence electrons. The minimum absolute atomic E-state index is 0.0517. The number of amides is 1. The molecule has 19 heavy (non-hydrogen) atoms. The Morgan fingerprint density at radius 3 is 2.58 bits per heavy atom. The minimum Gasteiger partial charge on any atom is -0.352 e. The van der Waals surface area contributed by atoms with E-state index in [-0.39, 0.29) is 24.8 Å². The first kappa shape index (κ1) is 14.6. The number of carbonyl (C=O) groups excluding carboxylic acids is 1. The highest BCUT2D eigenvalue weighted by molar-refractivity contribution is 5.79. The molecule has 6 heteroatoms. The van der Waals surface area contributed by atoms with Crippen molar-refractivity contribution in [2.24, 2.45) is 17.8 Å². The molecule has 0 aromatic heterocycles. The molecule has 0 radical (unpaired) electrons. The summed E-state index contributed by atoms with van der Waals surface area (Å²) in [6, 6.07) is 0.0544. The van der Waals surface area contributed by atoms with Crippen molar-refractivity contribution in [2.75, 3.05) is 13.1 Å². The van der Waals surface area contributed by atoms with Crippen molar-refractivity contribution < 1.29 is 18.0 Å². The first-order valence-electron chi connectivity index (χ1n) is 6.95. The van der Waals surface area contributed by atoms with Gasteiger partial charge in [0.15, 0.2) is 0 Å². The number of rotatable bonds is 2. The molecule has 1 heterocycles. The van der Waals surface area contributed by atoms with E-state index in [2.05, 4.69) is 10.6 Å². The van der Waals surface area contributed by atoms with E-state index in [4.69, 9.17) is 0 Å². The molecule has 3 nitrogen and oxygen atoms in total. The van der Waals surface area contributed by atoms with E-state index < -0.39 is 18.0 Å². The van der Waals surface area contributed by atoms with Crippen LogP contribution in [0.2, 0.25) is 0 Å². The molecule has 1 saturated carbocycles. The predicted octanol–water partition coefficient (Wildman–Crippen LogP) is 2.08. The average molecular weight is 278 g/mol. The Morgan fingerprint density at radius 2 is 2.00 bits per heavy atom. The second kappa shape index (κ2) is 5.69. The first-order valence-corrected chi connectivity index (χ1v) is 6.95. The SMILES string of the molecule is CC1CNCC1NC(=O)C1CCCC(C(F)(F)F)C1. The highest BCUT2D eigenvalue weighted by Crippen LogP contribution is 2.40. The van der Waals surface area contributed by atoms with E-state index in [1.807, 2.05) is 6.92 Å². The number of alkyl halides is 3. The monoisotopic (exact) mass is 278 g/mol. The van der Waals surface area contributed by atoms with Crippen molar-refractivity contribution in [3.63, 3.8) is 0 Å². The Hall–Kier alpha value is -0.780. The van der Waals surface area contributed by atoms with Crippen molar-refractivity contribution >= 4 is 5.91 Å². The minimum atomic E-state index is -4.17. The van der Waals surface area contributed by atoms with E-state index in [0.717, 1.165) is 6.54 Å². The summed E-state index contributed by atoms with van der Waals surface area (Å²) in [5.74, 6) is -1.65. The lowest BCUT2D eigenvalue weighted by Gasteiger charge is -2.30. The van der Waals surface area contributed by atoms with Crippen LogP contribution in [0.15, 0.2) is 0 Å². The first-order chi connectivity index (χ1) is 8.88. The Morgan fingerprint density at radius 1 is 1.26 bits per heavy atom. The third-order valence-corrected chi connectivity index (χ3v) is 4.35. The van der Waals surface area contributed by atoms with Crippen LogP contribution in [0.5, 0.6) is 0 Å². The van der Waals surface area contributed by atoms with E-state index >= 15 is 0 Å². The second-order valence-electron chi connectivity index (χ2n) is 5.85. The fraction of sp³-hybridized carbons (Fsp3) is 0.923. The maximum atomic E-state index is 12.7. The van der Waals surface area contributed by atoms with Gasteiger partial charge in [0.25, 0.3) is 0 Å². The van der Waals surface area contributed by atoms with Gasteiger partial charge >= 0.3 is 6.18 Å². The fourth-order valence-electron chi connectivity index (χ4n) is 3.03. The maximum Gasteiger partial charge on any atom is 0.391 e. The Labute approximate surface area is 111 Å². The topological polar surface area (TPSA) is 41.1 Å². The molecule has 2 fully saturated rings. The predicted molar refractivity (Wildman–Crippen MR) is 65.5 cm³/mol. The van der Waals surface area contributed by atoms with Crippen LogP contribution < -0.4 is 10.6 Å². The molecule has 1 aliphatic carbocycles. The van der Waals surface area contributed by atoms with Gasteiger partial charge in [-0.3, -0.25) is 4.79 Å². The maximum absolute atomic E-state index is 12.7. The van der Waals surface area contributed by atoms with Crippen LogP contribution in [0.4, 0.5) is 13.2 Å². The molecule has 0 aromatic carbocycles. The van der Waals surface area contributed by atoms with Crippen molar-refractivity contribution in [1.82, 2.24) is 10.6 Å². The van der Waals surface area contributed by atoms with Crippen LogP contribution in [0, 0.1) is 17.8 Å². The van der Waals surface area contributed by atoms with Crippen molar-refractivity contribution in [2.45, 2.75) is 44.8 Å². The van der Waals surface area contributed by atoms with Crippen LogP contribution in [0.3, 0.4) is 0 Å². The number of carbonyl (C=O) groups is 1. The van der Waals surface area contributed by atoms with Crippen LogP contribution >= 0.6 is 0 Å². The molecule has 0 bridgehead atoms. The number of halogens is 3. The molecule has 2 aliphatic rings. The molecule has 2 rings (SSSR count). The Bertz CT molecular complexity index is 332. The zero-order chi connectivity index (χ0) is 14.0. The number of hydrogen-bond donors (Lipinski definition) is 2. The molecule has 0 spiro atoms. The van der Waals surface area contributed by atoms with Gasteiger partial charge in [-0.1, -0.05) is 13.3 Å². The summed E-state index contributed by atoms with van der Waals surface area (Å²) in [6.45, 7) is 3.59. The van der Waals surface area contributed by atoms with E-state index in [1.54, 1.807) is 0 Å². The van der Waals surface area contributed by atoms with Gasteiger partial charge in [-0.2, -0.15) is 13.2 Å². The second-order valence-corrected chi connectivity index (χ2v) is 5.85. The van der Waals surface area contributed by atoms with Crippen molar-refractivity contribution in [3.05, 3.63) is 0 Å². The lowest BCUT2D eigenvalue weighted by molar-refractivity contribution is -0.186. The molecule has 1 amide bonds. The van der Waals surface area contributed by atoms with Gasteiger partial charge in [0.2, 0.25) is 5.91 Å². The summed E-state index contributed by atoms with van der Waals surface area (Å²) in [4.78, 5) is 12.1. The largest absolute Gasteiger partial charge is 0.391 e. The smallest absolute Gasteiger partial charge is 0.352 e. The summed E-state index contributed by atoms with van der Waals surface area (Å²) >= 11 is 0. The molecule has 4 atom stereocenters. The van der Waals surface area contributed by atoms with Gasteiger partial charge in [0.05, 0.1) is 5.92 Å². The van der Waals surface area contributed by atoms with Gasteiger partial charge < -0.3 is 10.6 Å². The van der Waals surface area contributed by atoms with Crippen LogP contribution in [-0.2, 0) is 4.79 Å². The zero-order valence-corrected chi connectivity index (χ0v) is 11.1. The lowest BCUT2D eigenvalue weighted by atomic mass is 9.80. The van der Waals surface area contributed by atoms with Crippen LogP contribution in [-0.4, -0.2) is 31.2 Å². The van der Waals surface area contributed by atoms with Gasteiger partial charge in [0, 0.05) is 18.5 Å². The fourth-order valence-corrected chi connectivity index (χ4v) is 3.03. The molecule has 1 saturated heterocycles. The molecule has 4 unspecified atom stereocenters. The lowest BCUT2D eigenvalue weighted by Crippen LogP contribution is -2.44. The van der Waals surface area contributed by atoms with Crippen molar-refractivity contribution in [1.29, 1.82) is 0 Å². The van der Waals surface area contributed by atoms with E-state index in [0.29, 0.717) is 25.3 Å². The zero-order valence-electron chi connectivity index (χ0n) is 11.1. The standard InChI is InChI=1S/C13H21F3N2O/c1-8-6-17-7-11(8)18-12(19)9-3-2-4-10(5-9)13(14,15)16/h8-11,17H,2-7H2,1H3,(H,18,19). The molecule has 2 N–H and O–H groups in total. The van der Waals surface area contributed by atoms with Gasteiger partial charge in [-0.05, 0) is 31.7 Å². The molecule has 1 aliphatic heterocycles. The Kier molecular flexibility index (Phi) is 4.38. The summed E-state index contributed by atoms with van der Waals surface area (Å²) in [6.07, 6.45) is -2.99. The third kappa shape index (κ3) is 3.61. The molecular weight excluding hydrogens is 257 g/mol. The van der Waals surface area contributed by atoms with Crippen LogP contribution in [0.25, 0.3) is 0 Å². The summed E-state index contributed by atoms with van der Waals surface area (Å²) < 4.78 is 38.1. The van der Waals surface area contributed by atoms with E-state index in [9.17, 15) is 18.0 Å². The van der Waals surface area contributed by atoms with Gasteiger partial charge in [-0.15, -0.1) is 0 Å². The average Bonchev–Trinajstić information content (AvgIpc) is 2.74. The summed E-state index contributed by atoms with van der Waals surface area (Å²) in [5, 5.41) is 6.07. The number of hydrogen-bond acceptors (Lipinski definition) is 2. The highest BCUT2D eigenvalue weighted by Gasteiger charge is 2.43. The van der Waals surface area contributed by atoms with Gasteiger partial charge in [0.1, 0.15) is 0 Å². The van der Waals surface area contributed by atoms with E-state index in [1.165, 1.54) is 0 Å². The molecular formula is C13H21F3N2O. The van der Waals surface area contributed by atoms with Crippen LogP contribution in [0.1, 0.15) is 32.6 Å². The highest BCUT2D eigenvalue weighted by atomic mass is 19.4. The quantitative estimate of drug-likeness (QED) is 0.812. The van der Waals surface area contributed by atoms with Crippen molar-refractivity contribution in [3.8, 4) is 0 Å². The third-order valence-electron chi connectivity index (χ3n) is 4.35. The summed E-state index contributed by atoms with van der Waals surface area (Å²) in [5.41, 5.74) is 0. The Balaban J connectivity index is 1.88. The van der Waals surface area contributed by atoms with Gasteiger partial charge in [-0.25, -0.2) is 0 Å². The number of nitrogens with one attached hydrogen (secondary N) is 2. The summed E-state index contributed by atoms with van der Waals surface area (Å²) in [7, 11) is 0.